The van der Waals surface area contributed by atoms with Crippen molar-refractivity contribution >= 4 is 11.8 Å². The Hall–Kier alpha value is -1.65. The largest absolute Gasteiger partial charge is 0.480 e. The molecule has 0 spiro atoms. The van der Waals surface area contributed by atoms with Crippen LogP contribution in [0.5, 0.6) is 0 Å². The molecule has 0 aromatic carbocycles. The third kappa shape index (κ3) is 2.69. The van der Waals surface area contributed by atoms with Crippen LogP contribution in [0.3, 0.4) is 0 Å². The van der Waals surface area contributed by atoms with Crippen LogP contribution in [0, 0.1) is 5.95 Å². The van der Waals surface area contributed by atoms with Gasteiger partial charge in [0, 0.05) is 0 Å². The van der Waals surface area contributed by atoms with Gasteiger partial charge in [0.15, 0.2) is 0 Å². The summed E-state index contributed by atoms with van der Waals surface area (Å²) < 4.78 is 12.6. The second kappa shape index (κ2) is 4.55. The fourth-order valence-electron chi connectivity index (χ4n) is 1.01. The summed E-state index contributed by atoms with van der Waals surface area (Å²) in [7, 11) is 0. The van der Waals surface area contributed by atoms with Gasteiger partial charge in [-0.2, -0.15) is 4.39 Å². The summed E-state index contributed by atoms with van der Waals surface area (Å²) in [6.45, 7) is 1.73. The normalized spacial score (nSPS) is 12.1. The number of hydrogen-bond acceptors (Lipinski definition) is 3. The van der Waals surface area contributed by atoms with Gasteiger partial charge in [-0.15, -0.1) is 0 Å². The Balaban J connectivity index is 2.72. The van der Waals surface area contributed by atoms with Gasteiger partial charge in [-0.3, -0.25) is 0 Å². The number of aromatic nitrogens is 1. The number of nitrogens with zero attached hydrogens (tertiary/aromatic N) is 1. The topological polar surface area (TPSA) is 62.2 Å². The highest BCUT2D eigenvalue weighted by atomic mass is 19.1. The summed E-state index contributed by atoms with van der Waals surface area (Å²) in [5.41, 5.74) is 0. The third-order valence-electron chi connectivity index (χ3n) is 1.74. The lowest BCUT2D eigenvalue weighted by atomic mass is 10.2. The molecule has 0 aliphatic rings. The number of carboxylic acid groups (broad SMARTS) is 1. The first-order valence-corrected chi connectivity index (χ1v) is 4.25. The van der Waals surface area contributed by atoms with E-state index in [0.717, 1.165) is 0 Å². The minimum atomic E-state index is -0.974. The van der Waals surface area contributed by atoms with E-state index in [0.29, 0.717) is 6.42 Å². The minimum absolute atomic E-state index is 0.235. The van der Waals surface area contributed by atoms with Crippen LogP contribution in [0.1, 0.15) is 13.3 Å². The van der Waals surface area contributed by atoms with Gasteiger partial charge in [0.25, 0.3) is 0 Å². The van der Waals surface area contributed by atoms with E-state index in [2.05, 4.69) is 10.3 Å². The van der Waals surface area contributed by atoms with Gasteiger partial charge in [-0.05, 0) is 18.6 Å². The van der Waals surface area contributed by atoms with Crippen LogP contribution in [-0.2, 0) is 4.79 Å². The number of pyridine rings is 1. The van der Waals surface area contributed by atoms with Crippen LogP contribution in [0.4, 0.5) is 10.2 Å². The second-order valence-electron chi connectivity index (χ2n) is 2.79. The van der Waals surface area contributed by atoms with Crippen molar-refractivity contribution in [2.75, 3.05) is 5.32 Å². The molecule has 0 saturated heterocycles. The van der Waals surface area contributed by atoms with E-state index in [1.54, 1.807) is 6.92 Å². The van der Waals surface area contributed by atoms with Gasteiger partial charge >= 0.3 is 5.97 Å². The van der Waals surface area contributed by atoms with E-state index in [-0.39, 0.29) is 5.82 Å². The van der Waals surface area contributed by atoms with Crippen LogP contribution in [0.25, 0.3) is 0 Å². The maximum atomic E-state index is 12.6. The number of carboxylic acids is 1. The Labute approximate surface area is 80.8 Å². The number of rotatable bonds is 4. The molecular formula is C9H11FN2O2. The first-order valence-electron chi connectivity index (χ1n) is 4.25. The van der Waals surface area contributed by atoms with E-state index >= 15 is 0 Å². The zero-order chi connectivity index (χ0) is 10.6. The fraction of sp³-hybridized carbons (Fsp3) is 0.333. The Kier molecular flexibility index (Phi) is 3.39. The molecule has 1 atom stereocenters. The third-order valence-corrected chi connectivity index (χ3v) is 1.74. The summed E-state index contributed by atoms with van der Waals surface area (Å²) in [5.74, 6) is -1.37. The lowest BCUT2D eigenvalue weighted by Gasteiger charge is -2.12. The summed E-state index contributed by atoms with van der Waals surface area (Å²) in [6.07, 6.45) is 0.410. The Morgan fingerprint density at radius 1 is 1.71 bits per heavy atom. The lowest BCUT2D eigenvalue weighted by Crippen LogP contribution is -2.28. The number of halogens is 1. The SMILES string of the molecule is CCC(Nc1cccc(F)n1)C(=O)O. The average molecular weight is 198 g/mol. The molecule has 0 saturated carbocycles. The Morgan fingerprint density at radius 3 is 2.93 bits per heavy atom. The van der Waals surface area contributed by atoms with E-state index in [1.165, 1.54) is 18.2 Å². The van der Waals surface area contributed by atoms with Crippen LogP contribution in [0.2, 0.25) is 0 Å². The van der Waals surface area contributed by atoms with Crippen molar-refractivity contribution in [3.63, 3.8) is 0 Å². The van der Waals surface area contributed by atoms with E-state index < -0.39 is 18.0 Å². The molecule has 0 aliphatic heterocycles. The van der Waals surface area contributed by atoms with Crippen molar-refractivity contribution in [1.29, 1.82) is 0 Å². The van der Waals surface area contributed by atoms with Gasteiger partial charge in [0.1, 0.15) is 11.9 Å². The summed E-state index contributed by atoms with van der Waals surface area (Å²) in [5, 5.41) is 11.3. The average Bonchev–Trinajstić information content (AvgIpc) is 2.14. The van der Waals surface area contributed by atoms with Crippen LogP contribution in [-0.4, -0.2) is 22.1 Å². The molecule has 0 bridgehead atoms. The Bertz CT molecular complexity index is 330. The monoisotopic (exact) mass is 198 g/mol. The highest BCUT2D eigenvalue weighted by Crippen LogP contribution is 2.07. The Morgan fingerprint density at radius 2 is 2.43 bits per heavy atom. The minimum Gasteiger partial charge on any atom is -0.480 e. The molecule has 1 heterocycles. The maximum Gasteiger partial charge on any atom is 0.326 e. The second-order valence-corrected chi connectivity index (χ2v) is 2.79. The zero-order valence-electron chi connectivity index (χ0n) is 7.70. The number of anilines is 1. The molecule has 2 N–H and O–H groups in total. The van der Waals surface area contributed by atoms with Gasteiger partial charge in [-0.1, -0.05) is 13.0 Å². The molecular weight excluding hydrogens is 187 g/mol. The number of hydrogen-bond donors (Lipinski definition) is 2. The molecule has 14 heavy (non-hydrogen) atoms. The van der Waals surface area contributed by atoms with Crippen molar-refractivity contribution in [2.24, 2.45) is 0 Å². The molecule has 5 heteroatoms. The summed E-state index contributed by atoms with van der Waals surface area (Å²) >= 11 is 0. The lowest BCUT2D eigenvalue weighted by molar-refractivity contribution is -0.137. The zero-order valence-corrected chi connectivity index (χ0v) is 7.70. The molecule has 1 aromatic heterocycles. The van der Waals surface area contributed by atoms with Crippen LogP contribution >= 0.6 is 0 Å². The van der Waals surface area contributed by atoms with Gasteiger partial charge in [0.2, 0.25) is 5.95 Å². The molecule has 0 amide bonds. The quantitative estimate of drug-likeness (QED) is 0.719. The standard InChI is InChI=1S/C9H11FN2O2/c1-2-6(9(13)14)11-8-5-3-4-7(10)12-8/h3-6H,2H2,1H3,(H,11,12)(H,13,14). The predicted molar refractivity (Wildman–Crippen MR) is 49.5 cm³/mol. The molecule has 0 radical (unpaired) electrons. The van der Waals surface area contributed by atoms with E-state index in [1.807, 2.05) is 0 Å². The van der Waals surface area contributed by atoms with Gasteiger partial charge < -0.3 is 10.4 Å². The maximum absolute atomic E-state index is 12.6. The molecule has 0 aliphatic carbocycles. The molecule has 0 fully saturated rings. The molecule has 4 nitrogen and oxygen atoms in total. The van der Waals surface area contributed by atoms with Crippen molar-refractivity contribution in [3.05, 3.63) is 24.1 Å². The van der Waals surface area contributed by atoms with Crippen molar-refractivity contribution in [2.45, 2.75) is 19.4 Å². The predicted octanol–water partition coefficient (Wildman–Crippen LogP) is 1.50. The highest BCUT2D eigenvalue weighted by molar-refractivity contribution is 5.76. The molecule has 1 unspecified atom stereocenters. The molecule has 1 rings (SSSR count). The van der Waals surface area contributed by atoms with Crippen molar-refractivity contribution in [3.8, 4) is 0 Å². The fourth-order valence-corrected chi connectivity index (χ4v) is 1.01. The molecule has 76 valence electrons. The first-order chi connectivity index (χ1) is 6.63. The van der Waals surface area contributed by atoms with E-state index in [9.17, 15) is 9.18 Å². The van der Waals surface area contributed by atoms with Crippen LogP contribution in [0.15, 0.2) is 18.2 Å². The first kappa shape index (κ1) is 10.4. The number of carbonyl (C=O) groups is 1. The van der Waals surface area contributed by atoms with E-state index in [4.69, 9.17) is 5.11 Å². The van der Waals surface area contributed by atoms with Gasteiger partial charge in [-0.25, -0.2) is 9.78 Å². The summed E-state index contributed by atoms with van der Waals surface area (Å²) in [6, 6.07) is 3.46. The number of aliphatic carboxylic acids is 1. The molecule has 1 aromatic rings. The van der Waals surface area contributed by atoms with Gasteiger partial charge in [0.05, 0.1) is 0 Å². The highest BCUT2D eigenvalue weighted by Gasteiger charge is 2.14. The van der Waals surface area contributed by atoms with Crippen molar-refractivity contribution in [1.82, 2.24) is 4.98 Å². The summed E-state index contributed by atoms with van der Waals surface area (Å²) in [4.78, 5) is 14.1. The van der Waals surface area contributed by atoms with Crippen LogP contribution < -0.4 is 5.32 Å². The smallest absolute Gasteiger partial charge is 0.326 e. The number of nitrogens with one attached hydrogen (secondary N) is 1. The van der Waals surface area contributed by atoms with Crippen molar-refractivity contribution < 1.29 is 14.3 Å².